The molecule has 0 heterocycles. The molecule has 7 heteroatoms. The summed E-state index contributed by atoms with van der Waals surface area (Å²) in [4.78, 5) is 34.2. The van der Waals surface area contributed by atoms with Crippen molar-refractivity contribution in [2.75, 3.05) is 0 Å². The van der Waals surface area contributed by atoms with Gasteiger partial charge in [-0.25, -0.2) is 0 Å². The Kier molecular flexibility index (Phi) is 5.45. The lowest BCUT2D eigenvalue weighted by Crippen LogP contribution is -2.12. The summed E-state index contributed by atoms with van der Waals surface area (Å²) >= 11 is 0. The second kappa shape index (κ2) is 8.13. The number of hydrogen-bond donors (Lipinski definition) is 1. The van der Waals surface area contributed by atoms with Gasteiger partial charge in [-0.15, -0.1) is 0 Å². The van der Waals surface area contributed by atoms with Crippen LogP contribution in [0.15, 0.2) is 72.8 Å². The van der Waals surface area contributed by atoms with Gasteiger partial charge in [0.25, 0.3) is 5.69 Å². The summed E-state index contributed by atoms with van der Waals surface area (Å²) in [5, 5.41) is 11.2. The first-order chi connectivity index (χ1) is 13.5. The van der Waals surface area contributed by atoms with E-state index in [1.165, 1.54) is 12.1 Å². The molecule has 1 amide bonds. The van der Waals surface area contributed by atoms with E-state index in [1.807, 2.05) is 6.07 Å². The Hall–Kier alpha value is -4.00. The van der Waals surface area contributed by atoms with Crippen LogP contribution in [-0.2, 0) is 6.61 Å². The zero-order valence-electron chi connectivity index (χ0n) is 14.7. The largest absolute Gasteiger partial charge is 0.489 e. The van der Waals surface area contributed by atoms with E-state index < -0.39 is 10.8 Å². The van der Waals surface area contributed by atoms with Crippen molar-refractivity contribution in [2.45, 2.75) is 6.61 Å². The number of nitrogens with two attached hydrogens (primary N) is 1. The van der Waals surface area contributed by atoms with Crippen molar-refractivity contribution in [3.63, 3.8) is 0 Å². The summed E-state index contributed by atoms with van der Waals surface area (Å²) in [5.74, 6) is -0.392. The summed E-state index contributed by atoms with van der Waals surface area (Å²) in [5.41, 5.74) is 6.37. The minimum Gasteiger partial charge on any atom is -0.489 e. The van der Waals surface area contributed by atoms with Gasteiger partial charge in [0.05, 0.1) is 10.5 Å². The van der Waals surface area contributed by atoms with E-state index in [-0.39, 0.29) is 23.6 Å². The highest BCUT2D eigenvalue weighted by molar-refractivity contribution is 6.08. The molecule has 3 aromatic rings. The molecule has 28 heavy (non-hydrogen) atoms. The zero-order chi connectivity index (χ0) is 20.1. The summed E-state index contributed by atoms with van der Waals surface area (Å²) in [7, 11) is 0. The lowest BCUT2D eigenvalue weighted by molar-refractivity contribution is -0.385. The Morgan fingerprint density at radius 3 is 2.11 bits per heavy atom. The number of carbonyl (C=O) groups is 2. The number of rotatable bonds is 7. The van der Waals surface area contributed by atoms with Crippen molar-refractivity contribution in [2.24, 2.45) is 5.73 Å². The van der Waals surface area contributed by atoms with Crippen LogP contribution in [0, 0.1) is 10.1 Å². The van der Waals surface area contributed by atoms with Crippen LogP contribution in [0.25, 0.3) is 0 Å². The molecule has 0 saturated heterocycles. The molecule has 0 aliphatic carbocycles. The van der Waals surface area contributed by atoms with Gasteiger partial charge in [-0.3, -0.25) is 19.7 Å². The first kappa shape index (κ1) is 18.8. The average molecular weight is 376 g/mol. The van der Waals surface area contributed by atoms with Crippen LogP contribution in [-0.4, -0.2) is 16.6 Å². The molecule has 0 spiro atoms. The van der Waals surface area contributed by atoms with E-state index in [9.17, 15) is 19.7 Å². The Bertz CT molecular complexity index is 1030. The predicted octanol–water partition coefficient (Wildman–Crippen LogP) is 3.50. The molecule has 3 rings (SSSR count). The van der Waals surface area contributed by atoms with Gasteiger partial charge in [0.15, 0.2) is 5.78 Å². The number of ketones is 1. The number of ether oxygens (including phenoxy) is 1. The fraction of sp³-hybridized carbons (Fsp3) is 0.0476. The first-order valence-corrected chi connectivity index (χ1v) is 8.35. The lowest BCUT2D eigenvalue weighted by Gasteiger charge is -2.08. The fourth-order valence-corrected chi connectivity index (χ4v) is 2.63. The summed E-state index contributed by atoms with van der Waals surface area (Å²) < 4.78 is 5.59. The fourth-order valence-electron chi connectivity index (χ4n) is 2.63. The monoisotopic (exact) mass is 376 g/mol. The quantitative estimate of drug-likeness (QED) is 0.385. The van der Waals surface area contributed by atoms with Gasteiger partial charge in [-0.1, -0.05) is 30.3 Å². The molecule has 0 aliphatic heterocycles. The standard InChI is InChI=1S/C21H16N2O5/c22-21(25)16-6-7-17(19(12-16)23(26)27)13-28-18-10-8-15(9-11-18)20(24)14-4-2-1-3-5-14/h1-12H,13H2,(H2,22,25). The molecule has 0 bridgehead atoms. The van der Waals surface area contributed by atoms with Gasteiger partial charge in [0.2, 0.25) is 5.91 Å². The van der Waals surface area contributed by atoms with Crippen molar-refractivity contribution < 1.29 is 19.2 Å². The second-order valence-electron chi connectivity index (χ2n) is 5.97. The molecule has 7 nitrogen and oxygen atoms in total. The number of primary amides is 1. The van der Waals surface area contributed by atoms with E-state index in [1.54, 1.807) is 48.5 Å². The molecule has 0 radical (unpaired) electrons. The summed E-state index contributed by atoms with van der Waals surface area (Å²) in [6.45, 7) is -0.0681. The number of amides is 1. The highest BCUT2D eigenvalue weighted by atomic mass is 16.6. The maximum atomic E-state index is 12.4. The normalized spacial score (nSPS) is 10.3. The first-order valence-electron chi connectivity index (χ1n) is 8.35. The Morgan fingerprint density at radius 1 is 0.893 bits per heavy atom. The molecule has 0 aromatic heterocycles. The van der Waals surface area contributed by atoms with Crippen LogP contribution in [0.4, 0.5) is 5.69 Å². The van der Waals surface area contributed by atoms with E-state index in [4.69, 9.17) is 10.5 Å². The number of nitro benzene ring substituents is 1. The van der Waals surface area contributed by atoms with Gasteiger partial charge in [0.1, 0.15) is 12.4 Å². The smallest absolute Gasteiger partial charge is 0.276 e. The number of carbonyl (C=O) groups excluding carboxylic acids is 2. The van der Waals surface area contributed by atoms with Crippen LogP contribution >= 0.6 is 0 Å². The molecular formula is C21H16N2O5. The van der Waals surface area contributed by atoms with Gasteiger partial charge in [0, 0.05) is 22.8 Å². The third-order valence-corrected chi connectivity index (χ3v) is 4.11. The minimum atomic E-state index is -0.741. The maximum absolute atomic E-state index is 12.4. The van der Waals surface area contributed by atoms with E-state index in [0.29, 0.717) is 22.4 Å². The molecule has 140 valence electrons. The summed E-state index contributed by atoms with van der Waals surface area (Å²) in [6, 6.07) is 19.4. The zero-order valence-corrected chi connectivity index (χ0v) is 14.7. The van der Waals surface area contributed by atoms with Gasteiger partial charge in [-0.2, -0.15) is 0 Å². The van der Waals surface area contributed by atoms with Gasteiger partial charge < -0.3 is 10.5 Å². The van der Waals surface area contributed by atoms with Gasteiger partial charge in [-0.05, 0) is 36.4 Å². The van der Waals surface area contributed by atoms with E-state index in [2.05, 4.69) is 0 Å². The van der Waals surface area contributed by atoms with Crippen molar-refractivity contribution in [3.8, 4) is 5.75 Å². The molecule has 2 N–H and O–H groups in total. The van der Waals surface area contributed by atoms with Crippen LogP contribution < -0.4 is 10.5 Å². The molecule has 0 atom stereocenters. The third kappa shape index (κ3) is 4.21. The predicted molar refractivity (Wildman–Crippen MR) is 102 cm³/mol. The van der Waals surface area contributed by atoms with Crippen molar-refractivity contribution in [1.82, 2.24) is 0 Å². The van der Waals surface area contributed by atoms with Gasteiger partial charge >= 0.3 is 0 Å². The topological polar surface area (TPSA) is 113 Å². The molecule has 3 aromatic carbocycles. The van der Waals surface area contributed by atoms with Crippen LogP contribution in [0.2, 0.25) is 0 Å². The highest BCUT2D eigenvalue weighted by Crippen LogP contribution is 2.23. The molecule has 0 saturated carbocycles. The SMILES string of the molecule is NC(=O)c1ccc(COc2ccc(C(=O)c3ccccc3)cc2)c([N+](=O)[O-])c1. The van der Waals surface area contributed by atoms with Crippen molar-refractivity contribution >= 4 is 17.4 Å². The number of nitrogens with zero attached hydrogens (tertiary/aromatic N) is 1. The number of benzene rings is 3. The minimum absolute atomic E-state index is 0.0548. The molecule has 0 fully saturated rings. The Labute approximate surface area is 160 Å². The second-order valence-corrected chi connectivity index (χ2v) is 5.97. The Balaban J connectivity index is 1.73. The Morgan fingerprint density at radius 2 is 1.50 bits per heavy atom. The van der Waals surface area contributed by atoms with Crippen LogP contribution in [0.1, 0.15) is 31.8 Å². The summed E-state index contributed by atoms with van der Waals surface area (Å²) in [6.07, 6.45) is 0. The van der Waals surface area contributed by atoms with Crippen LogP contribution in [0.3, 0.4) is 0 Å². The maximum Gasteiger partial charge on any atom is 0.276 e. The number of hydrogen-bond acceptors (Lipinski definition) is 5. The molecule has 0 aliphatic rings. The van der Waals surface area contributed by atoms with Crippen molar-refractivity contribution in [3.05, 3.63) is 105 Å². The van der Waals surface area contributed by atoms with Crippen LogP contribution in [0.5, 0.6) is 5.75 Å². The molecule has 0 unspecified atom stereocenters. The van der Waals surface area contributed by atoms with Crippen molar-refractivity contribution in [1.29, 1.82) is 0 Å². The number of nitro groups is 1. The van der Waals surface area contributed by atoms with E-state index in [0.717, 1.165) is 6.07 Å². The average Bonchev–Trinajstić information content (AvgIpc) is 2.72. The third-order valence-electron chi connectivity index (χ3n) is 4.11. The van der Waals surface area contributed by atoms with E-state index >= 15 is 0 Å². The highest BCUT2D eigenvalue weighted by Gasteiger charge is 2.17. The lowest BCUT2D eigenvalue weighted by atomic mass is 10.0. The molecular weight excluding hydrogens is 360 g/mol.